The van der Waals surface area contributed by atoms with Crippen LogP contribution in [0.3, 0.4) is 0 Å². The molecule has 142 valence electrons. The van der Waals surface area contributed by atoms with E-state index in [1.807, 2.05) is 36.0 Å². The van der Waals surface area contributed by atoms with Crippen molar-refractivity contribution in [2.24, 2.45) is 0 Å². The first-order chi connectivity index (χ1) is 12.6. The van der Waals surface area contributed by atoms with E-state index in [0.29, 0.717) is 24.8 Å². The highest BCUT2D eigenvalue weighted by atomic mass is 127. The number of halogens is 1. The fourth-order valence-electron chi connectivity index (χ4n) is 3.25. The molecule has 3 rings (SSSR count). The summed E-state index contributed by atoms with van der Waals surface area (Å²) in [4.78, 5) is 23.2. The van der Waals surface area contributed by atoms with Crippen LogP contribution in [0, 0.1) is 3.57 Å². The van der Waals surface area contributed by atoms with E-state index < -0.39 is 0 Å². The maximum absolute atomic E-state index is 11.9. The number of nitrogens with one attached hydrogen (secondary N) is 3. The van der Waals surface area contributed by atoms with Gasteiger partial charge in [0.1, 0.15) is 12.4 Å². The van der Waals surface area contributed by atoms with E-state index in [9.17, 15) is 9.59 Å². The van der Waals surface area contributed by atoms with Gasteiger partial charge in [0.15, 0.2) is 0 Å². The predicted molar refractivity (Wildman–Crippen MR) is 112 cm³/mol. The topological polar surface area (TPSA) is 79.5 Å². The van der Waals surface area contributed by atoms with Crippen molar-refractivity contribution in [3.05, 3.63) is 27.8 Å². The number of thioether (sulfide) groups is 1. The highest BCUT2D eigenvalue weighted by Crippen LogP contribution is 2.33. The first-order valence-corrected chi connectivity index (χ1v) is 11.1. The fourth-order valence-corrected chi connectivity index (χ4v) is 5.16. The van der Waals surface area contributed by atoms with Gasteiger partial charge in [0.2, 0.25) is 5.91 Å². The molecule has 0 aliphatic carbocycles. The van der Waals surface area contributed by atoms with E-state index in [2.05, 4.69) is 38.5 Å². The fraction of sp³-hybridized carbons (Fsp3) is 0.556. The summed E-state index contributed by atoms with van der Waals surface area (Å²) < 4.78 is 6.76. The highest BCUT2D eigenvalue weighted by Gasteiger charge is 2.42. The van der Waals surface area contributed by atoms with Crippen LogP contribution in [0.1, 0.15) is 25.7 Å². The van der Waals surface area contributed by atoms with Gasteiger partial charge in [0.05, 0.1) is 18.6 Å². The van der Waals surface area contributed by atoms with Gasteiger partial charge in [-0.05, 0) is 59.7 Å². The van der Waals surface area contributed by atoms with Crippen LogP contribution in [-0.4, -0.2) is 48.2 Å². The van der Waals surface area contributed by atoms with Crippen molar-refractivity contribution in [3.63, 3.8) is 0 Å². The summed E-state index contributed by atoms with van der Waals surface area (Å²) in [5.74, 6) is 1.87. The zero-order valence-electron chi connectivity index (χ0n) is 14.5. The van der Waals surface area contributed by atoms with Crippen molar-refractivity contribution in [2.75, 3.05) is 18.9 Å². The molecule has 2 saturated heterocycles. The number of urea groups is 1. The van der Waals surface area contributed by atoms with Gasteiger partial charge in [0, 0.05) is 21.0 Å². The molecule has 3 atom stereocenters. The van der Waals surface area contributed by atoms with Crippen LogP contribution in [0.2, 0.25) is 0 Å². The second-order valence-corrected chi connectivity index (χ2v) is 9.04. The van der Waals surface area contributed by atoms with E-state index in [-0.39, 0.29) is 24.0 Å². The van der Waals surface area contributed by atoms with Crippen molar-refractivity contribution < 1.29 is 14.3 Å². The number of rotatable bonds is 9. The van der Waals surface area contributed by atoms with Gasteiger partial charge in [0.25, 0.3) is 0 Å². The Morgan fingerprint density at radius 2 is 2.08 bits per heavy atom. The molecule has 26 heavy (non-hydrogen) atoms. The number of carbonyl (C=O) groups excluding carboxylic acids is 2. The summed E-state index contributed by atoms with van der Waals surface area (Å²) in [5.41, 5.74) is 0. The third-order valence-corrected chi connectivity index (χ3v) is 6.82. The van der Waals surface area contributed by atoms with E-state index in [4.69, 9.17) is 4.74 Å². The lowest BCUT2D eigenvalue weighted by Gasteiger charge is -2.16. The van der Waals surface area contributed by atoms with Crippen molar-refractivity contribution >= 4 is 46.3 Å². The van der Waals surface area contributed by atoms with E-state index in [1.54, 1.807) is 0 Å². The lowest BCUT2D eigenvalue weighted by molar-refractivity contribution is -0.121. The molecule has 0 aromatic heterocycles. The summed E-state index contributed by atoms with van der Waals surface area (Å²) >= 11 is 4.17. The first-order valence-electron chi connectivity index (χ1n) is 8.95. The summed E-state index contributed by atoms with van der Waals surface area (Å²) in [7, 11) is 0. The third-order valence-electron chi connectivity index (χ3n) is 4.59. The monoisotopic (exact) mass is 489 g/mol. The maximum Gasteiger partial charge on any atom is 0.315 e. The standard InChI is InChI=1S/C18H24IN3O3S/c19-12-5-7-13(8-6-12)25-10-9-20-16(23)4-2-1-3-15-17-14(11-26-15)21-18(24)22-17/h5-8,14-15,17H,1-4,9-11H2,(H,20,23)(H2,21,22,24)/t14-,15?,17-/m1/s1. The number of hydrogen-bond acceptors (Lipinski definition) is 4. The average Bonchev–Trinajstić information content (AvgIpc) is 3.17. The molecule has 1 aromatic rings. The van der Waals surface area contributed by atoms with Gasteiger partial charge in [-0.25, -0.2) is 4.79 Å². The Hall–Kier alpha value is -1.16. The van der Waals surface area contributed by atoms with Gasteiger partial charge in [-0.15, -0.1) is 0 Å². The minimum atomic E-state index is -0.0443. The van der Waals surface area contributed by atoms with Crippen LogP contribution in [0.15, 0.2) is 24.3 Å². The summed E-state index contributed by atoms with van der Waals surface area (Å²) in [5, 5.41) is 9.31. The van der Waals surface area contributed by atoms with Crippen LogP contribution in [0.4, 0.5) is 4.79 Å². The Labute approximate surface area is 171 Å². The zero-order chi connectivity index (χ0) is 18.4. The van der Waals surface area contributed by atoms with Gasteiger partial charge in [-0.3, -0.25) is 4.79 Å². The highest BCUT2D eigenvalue weighted by molar-refractivity contribution is 14.1. The van der Waals surface area contributed by atoms with Gasteiger partial charge >= 0.3 is 6.03 Å². The number of fused-ring (bicyclic) bond motifs is 1. The summed E-state index contributed by atoms with van der Waals surface area (Å²) in [6.45, 7) is 0.992. The van der Waals surface area contributed by atoms with Crippen molar-refractivity contribution in [1.82, 2.24) is 16.0 Å². The van der Waals surface area contributed by atoms with Gasteiger partial charge < -0.3 is 20.7 Å². The average molecular weight is 489 g/mol. The number of ether oxygens (including phenoxy) is 1. The van der Waals surface area contributed by atoms with E-state index in [0.717, 1.165) is 30.8 Å². The smallest absolute Gasteiger partial charge is 0.315 e. The summed E-state index contributed by atoms with van der Waals surface area (Å²) in [6.07, 6.45) is 3.46. The molecule has 3 N–H and O–H groups in total. The number of hydrogen-bond donors (Lipinski definition) is 3. The van der Waals surface area contributed by atoms with Crippen molar-refractivity contribution in [3.8, 4) is 5.75 Å². The van der Waals surface area contributed by atoms with Gasteiger partial charge in [-0.2, -0.15) is 11.8 Å². The summed E-state index contributed by atoms with van der Waals surface area (Å²) in [6, 6.07) is 8.32. The van der Waals surface area contributed by atoms with Crippen molar-refractivity contribution in [1.29, 1.82) is 0 Å². The minimum absolute atomic E-state index is 0.0443. The molecule has 1 unspecified atom stereocenters. The molecular weight excluding hydrogens is 465 g/mol. The third kappa shape index (κ3) is 5.67. The molecule has 0 bridgehead atoms. The quantitative estimate of drug-likeness (QED) is 0.283. The lowest BCUT2D eigenvalue weighted by Crippen LogP contribution is -2.36. The largest absolute Gasteiger partial charge is 0.492 e. The molecular formula is C18H24IN3O3S. The number of carbonyl (C=O) groups is 2. The maximum atomic E-state index is 11.9. The molecule has 2 heterocycles. The lowest BCUT2D eigenvalue weighted by atomic mass is 10.0. The molecule has 3 amide bonds. The molecule has 0 saturated carbocycles. The van der Waals surface area contributed by atoms with Crippen LogP contribution in [0.5, 0.6) is 5.75 Å². The number of benzene rings is 1. The Morgan fingerprint density at radius 3 is 2.88 bits per heavy atom. The van der Waals surface area contributed by atoms with Crippen LogP contribution < -0.4 is 20.7 Å². The Morgan fingerprint density at radius 1 is 1.27 bits per heavy atom. The SMILES string of the molecule is O=C(CCCCC1SC[C@H]2NC(=O)N[C@@H]12)NCCOc1ccc(I)cc1. The second kappa shape index (κ2) is 9.68. The predicted octanol–water partition coefficient (Wildman–Crippen LogP) is 2.51. The Bertz CT molecular complexity index is 629. The van der Waals surface area contributed by atoms with Gasteiger partial charge in [-0.1, -0.05) is 6.42 Å². The molecule has 6 nitrogen and oxygen atoms in total. The molecule has 0 spiro atoms. The normalized spacial score (nSPS) is 23.9. The number of unbranched alkanes of at least 4 members (excludes halogenated alkanes) is 1. The molecule has 1 aromatic carbocycles. The van der Waals surface area contributed by atoms with Crippen molar-refractivity contribution in [2.45, 2.75) is 43.0 Å². The minimum Gasteiger partial charge on any atom is -0.492 e. The molecule has 2 aliphatic rings. The Balaban J connectivity index is 1.22. The van der Waals surface area contributed by atoms with Crippen LogP contribution >= 0.6 is 34.4 Å². The zero-order valence-corrected chi connectivity index (χ0v) is 17.5. The van der Waals surface area contributed by atoms with Crippen LogP contribution in [0.25, 0.3) is 0 Å². The molecule has 2 fully saturated rings. The number of amides is 3. The van der Waals surface area contributed by atoms with Crippen LogP contribution in [-0.2, 0) is 4.79 Å². The molecule has 0 radical (unpaired) electrons. The molecule has 2 aliphatic heterocycles. The Kier molecular flexibility index (Phi) is 7.30. The van der Waals surface area contributed by atoms with E-state index in [1.165, 1.54) is 3.57 Å². The molecule has 8 heteroatoms. The van der Waals surface area contributed by atoms with E-state index >= 15 is 0 Å². The second-order valence-electron chi connectivity index (χ2n) is 6.52. The first kappa shape index (κ1) is 19.6.